The SMILES string of the molecule is O=C(CCN1C(=O)C=CC1=O)C1CC(=O)N(O)C1=O. The van der Waals surface area contributed by atoms with E-state index in [9.17, 15) is 24.0 Å². The van der Waals surface area contributed by atoms with E-state index in [1.807, 2.05) is 0 Å². The zero-order valence-electron chi connectivity index (χ0n) is 9.74. The van der Waals surface area contributed by atoms with E-state index in [1.54, 1.807) is 0 Å². The number of nitrogens with zero attached hydrogens (tertiary/aromatic N) is 2. The summed E-state index contributed by atoms with van der Waals surface area (Å²) in [5.41, 5.74) is 0. The molecule has 2 rings (SSSR count). The topological polar surface area (TPSA) is 112 Å². The minimum atomic E-state index is -1.22. The van der Waals surface area contributed by atoms with Gasteiger partial charge in [0.15, 0.2) is 0 Å². The summed E-state index contributed by atoms with van der Waals surface area (Å²) in [4.78, 5) is 57.5. The van der Waals surface area contributed by atoms with Crippen molar-refractivity contribution < 1.29 is 29.2 Å². The Morgan fingerprint density at radius 3 is 2.26 bits per heavy atom. The van der Waals surface area contributed by atoms with Crippen molar-refractivity contribution in [1.82, 2.24) is 9.96 Å². The van der Waals surface area contributed by atoms with Crippen molar-refractivity contribution in [3.05, 3.63) is 12.2 Å². The van der Waals surface area contributed by atoms with E-state index in [0.717, 1.165) is 17.1 Å². The molecule has 4 amide bonds. The van der Waals surface area contributed by atoms with Gasteiger partial charge in [-0.2, -0.15) is 5.06 Å². The molecule has 1 fully saturated rings. The molecule has 1 N–H and O–H groups in total. The monoisotopic (exact) mass is 266 g/mol. The summed E-state index contributed by atoms with van der Waals surface area (Å²) in [6.07, 6.45) is 1.57. The van der Waals surface area contributed by atoms with Crippen LogP contribution in [0.25, 0.3) is 0 Å². The van der Waals surface area contributed by atoms with E-state index in [-0.39, 0.29) is 24.4 Å². The zero-order valence-corrected chi connectivity index (χ0v) is 9.74. The van der Waals surface area contributed by atoms with Gasteiger partial charge in [-0.15, -0.1) is 0 Å². The highest BCUT2D eigenvalue weighted by atomic mass is 16.5. The average molecular weight is 266 g/mol. The summed E-state index contributed by atoms with van der Waals surface area (Å²) in [5, 5.41) is 8.93. The Labute approximate surface area is 107 Å². The predicted molar refractivity (Wildman–Crippen MR) is 57.2 cm³/mol. The van der Waals surface area contributed by atoms with Crippen LogP contribution in [0.5, 0.6) is 0 Å². The van der Waals surface area contributed by atoms with Gasteiger partial charge in [0.1, 0.15) is 11.7 Å². The summed E-state index contributed by atoms with van der Waals surface area (Å²) in [6.45, 7) is -0.146. The molecule has 2 aliphatic rings. The highest BCUT2D eigenvalue weighted by molar-refractivity contribution is 6.14. The van der Waals surface area contributed by atoms with E-state index in [1.165, 1.54) is 0 Å². The van der Waals surface area contributed by atoms with E-state index in [4.69, 9.17) is 5.21 Å². The Hall–Kier alpha value is -2.35. The first kappa shape index (κ1) is 13.1. The number of hydrogen-bond acceptors (Lipinski definition) is 6. The van der Waals surface area contributed by atoms with Crippen LogP contribution in [0.3, 0.4) is 0 Å². The lowest BCUT2D eigenvalue weighted by Crippen LogP contribution is -2.34. The fourth-order valence-corrected chi connectivity index (χ4v) is 1.92. The third-order valence-electron chi connectivity index (χ3n) is 2.99. The molecule has 0 aromatic carbocycles. The van der Waals surface area contributed by atoms with Gasteiger partial charge < -0.3 is 0 Å². The number of hydroxylamine groups is 2. The van der Waals surface area contributed by atoms with E-state index in [0.29, 0.717) is 0 Å². The number of Topliss-reactive ketones (excluding diaryl/α,β-unsaturated/α-hetero) is 1. The fourth-order valence-electron chi connectivity index (χ4n) is 1.92. The average Bonchev–Trinajstić information content (AvgIpc) is 2.82. The molecule has 0 aromatic rings. The summed E-state index contributed by atoms with van der Waals surface area (Å²) in [6, 6.07) is 0. The van der Waals surface area contributed by atoms with Gasteiger partial charge >= 0.3 is 0 Å². The van der Waals surface area contributed by atoms with Gasteiger partial charge in [-0.1, -0.05) is 0 Å². The van der Waals surface area contributed by atoms with Gasteiger partial charge in [-0.25, -0.2) is 0 Å². The van der Waals surface area contributed by atoms with Crippen molar-refractivity contribution in [2.45, 2.75) is 12.8 Å². The van der Waals surface area contributed by atoms with Crippen LogP contribution in [-0.2, 0) is 24.0 Å². The molecule has 1 saturated heterocycles. The van der Waals surface area contributed by atoms with Crippen molar-refractivity contribution in [3.8, 4) is 0 Å². The summed E-state index contributed by atoms with van der Waals surface area (Å²) < 4.78 is 0. The fraction of sp³-hybridized carbons (Fsp3) is 0.364. The van der Waals surface area contributed by atoms with Gasteiger partial charge in [0.2, 0.25) is 0 Å². The lowest BCUT2D eigenvalue weighted by molar-refractivity contribution is -0.172. The number of ketones is 1. The summed E-state index contributed by atoms with van der Waals surface area (Å²) in [7, 11) is 0. The second-order valence-electron chi connectivity index (χ2n) is 4.18. The van der Waals surface area contributed by atoms with Crippen LogP contribution in [0.1, 0.15) is 12.8 Å². The molecule has 0 radical (unpaired) electrons. The Bertz CT molecular complexity index is 505. The Kier molecular flexibility index (Phi) is 3.26. The minimum Gasteiger partial charge on any atom is -0.299 e. The van der Waals surface area contributed by atoms with Gasteiger partial charge in [0.05, 0.1) is 0 Å². The summed E-state index contributed by atoms with van der Waals surface area (Å²) in [5.74, 6) is -4.64. The van der Waals surface area contributed by atoms with Gasteiger partial charge in [-0.05, 0) is 0 Å². The molecule has 8 nitrogen and oxygen atoms in total. The second kappa shape index (κ2) is 4.73. The van der Waals surface area contributed by atoms with Crippen LogP contribution < -0.4 is 0 Å². The number of rotatable bonds is 4. The molecule has 0 aromatic heterocycles. The first-order valence-electron chi connectivity index (χ1n) is 5.53. The molecule has 2 aliphatic heterocycles. The molecular formula is C11H10N2O6. The Morgan fingerprint density at radius 1 is 1.21 bits per heavy atom. The quantitative estimate of drug-likeness (QED) is 0.382. The molecule has 100 valence electrons. The third-order valence-corrected chi connectivity index (χ3v) is 2.99. The first-order valence-corrected chi connectivity index (χ1v) is 5.53. The lowest BCUT2D eigenvalue weighted by Gasteiger charge is -2.13. The van der Waals surface area contributed by atoms with Crippen LogP contribution in [0.2, 0.25) is 0 Å². The number of hydrogen-bond donors (Lipinski definition) is 1. The molecule has 0 bridgehead atoms. The maximum atomic E-state index is 11.7. The molecule has 1 unspecified atom stereocenters. The highest BCUT2D eigenvalue weighted by Crippen LogP contribution is 2.20. The molecule has 2 heterocycles. The zero-order chi connectivity index (χ0) is 14.2. The van der Waals surface area contributed by atoms with E-state index in [2.05, 4.69) is 0 Å². The van der Waals surface area contributed by atoms with Crippen LogP contribution in [0.15, 0.2) is 12.2 Å². The van der Waals surface area contributed by atoms with Gasteiger partial charge in [0, 0.05) is 31.5 Å². The molecule has 0 spiro atoms. The minimum absolute atomic E-state index is 0.0731. The smallest absolute Gasteiger partial charge is 0.264 e. The normalized spacial score (nSPS) is 22.9. The second-order valence-corrected chi connectivity index (χ2v) is 4.18. The number of carbonyl (C=O) groups excluding carboxylic acids is 5. The molecule has 8 heteroatoms. The number of carbonyl (C=O) groups is 5. The molecule has 0 saturated carbocycles. The van der Waals surface area contributed by atoms with E-state index >= 15 is 0 Å². The van der Waals surface area contributed by atoms with Crippen LogP contribution in [-0.4, -0.2) is 51.1 Å². The standard InChI is InChI=1S/C11H10N2O6/c14-7(6-5-10(17)13(19)11(6)18)3-4-12-8(15)1-2-9(12)16/h1-2,6,19H,3-5H2. The van der Waals surface area contributed by atoms with Crippen LogP contribution >= 0.6 is 0 Å². The number of imide groups is 2. The molecule has 1 atom stereocenters. The van der Waals surface area contributed by atoms with Crippen molar-refractivity contribution in [3.63, 3.8) is 0 Å². The molecular weight excluding hydrogens is 256 g/mol. The highest BCUT2D eigenvalue weighted by Gasteiger charge is 2.42. The van der Waals surface area contributed by atoms with E-state index < -0.39 is 35.3 Å². The van der Waals surface area contributed by atoms with Crippen molar-refractivity contribution in [1.29, 1.82) is 0 Å². The maximum absolute atomic E-state index is 11.7. The lowest BCUT2D eigenvalue weighted by atomic mass is 10.00. The third kappa shape index (κ3) is 2.29. The molecule has 0 aliphatic carbocycles. The maximum Gasteiger partial charge on any atom is 0.264 e. The predicted octanol–water partition coefficient (Wildman–Crippen LogP) is -1.37. The van der Waals surface area contributed by atoms with Crippen molar-refractivity contribution in [2.24, 2.45) is 5.92 Å². The van der Waals surface area contributed by atoms with Crippen molar-refractivity contribution >= 4 is 29.4 Å². The van der Waals surface area contributed by atoms with Crippen LogP contribution in [0.4, 0.5) is 0 Å². The Morgan fingerprint density at radius 2 is 1.79 bits per heavy atom. The first-order chi connectivity index (χ1) is 8.91. The van der Waals surface area contributed by atoms with Gasteiger partial charge in [-0.3, -0.25) is 34.1 Å². The van der Waals surface area contributed by atoms with Gasteiger partial charge in [0.25, 0.3) is 23.6 Å². The molecule has 19 heavy (non-hydrogen) atoms. The number of amides is 4. The van der Waals surface area contributed by atoms with Crippen molar-refractivity contribution in [2.75, 3.05) is 6.54 Å². The van der Waals surface area contributed by atoms with Crippen LogP contribution in [0, 0.1) is 5.92 Å². The summed E-state index contributed by atoms with van der Waals surface area (Å²) >= 11 is 0. The largest absolute Gasteiger partial charge is 0.299 e. The Balaban J connectivity index is 1.92.